The number of allylic oxidation sites excluding steroid dienone is 4. The maximum Gasteiger partial charge on any atom is 0.0800 e. The lowest BCUT2D eigenvalue weighted by atomic mass is 9.69. The third-order valence-corrected chi connectivity index (χ3v) is 4.16. The van der Waals surface area contributed by atoms with Crippen molar-refractivity contribution in [1.82, 2.24) is 0 Å². The summed E-state index contributed by atoms with van der Waals surface area (Å²) in [5, 5.41) is 8.54. The normalized spacial score (nSPS) is 16.2. The monoisotopic (exact) mass is 273 g/mol. The molecule has 0 aliphatic heterocycles. The number of hydrogen-bond acceptors (Lipinski definition) is 1. The number of aryl methyl sites for hydroxylation is 2. The standard InChI is InChI=1S/C20H19N/c1-15-6-10-17(11-7-15)20(14-4-3-5-19(20)21)18-12-8-16(2)9-13-18/h3-14,21H,1-2H3. The van der Waals surface area contributed by atoms with Gasteiger partial charge in [-0.2, -0.15) is 0 Å². The molecule has 0 heterocycles. The Morgan fingerprint density at radius 2 is 1.19 bits per heavy atom. The molecule has 3 rings (SSSR count). The molecule has 0 radical (unpaired) electrons. The molecule has 0 saturated heterocycles. The first kappa shape index (κ1) is 13.6. The molecular weight excluding hydrogens is 254 g/mol. The van der Waals surface area contributed by atoms with Gasteiger partial charge in [-0.25, -0.2) is 0 Å². The van der Waals surface area contributed by atoms with Crippen LogP contribution >= 0.6 is 0 Å². The minimum atomic E-state index is -0.476. The van der Waals surface area contributed by atoms with Crippen LogP contribution in [0.2, 0.25) is 0 Å². The SMILES string of the molecule is Cc1ccc(C2(c3ccc(C)cc3)C=CC=CC2=N)cc1. The summed E-state index contributed by atoms with van der Waals surface area (Å²) in [4.78, 5) is 0. The van der Waals surface area contributed by atoms with Gasteiger partial charge in [0.1, 0.15) is 0 Å². The van der Waals surface area contributed by atoms with E-state index in [1.807, 2.05) is 18.2 Å². The van der Waals surface area contributed by atoms with Gasteiger partial charge >= 0.3 is 0 Å². The van der Waals surface area contributed by atoms with Gasteiger partial charge in [0.05, 0.1) is 11.1 Å². The van der Waals surface area contributed by atoms with Crippen LogP contribution in [0.25, 0.3) is 0 Å². The van der Waals surface area contributed by atoms with Crippen molar-refractivity contribution in [2.45, 2.75) is 19.3 Å². The fourth-order valence-corrected chi connectivity index (χ4v) is 2.88. The van der Waals surface area contributed by atoms with Gasteiger partial charge in [0, 0.05) is 0 Å². The van der Waals surface area contributed by atoms with Crippen LogP contribution in [0.5, 0.6) is 0 Å². The van der Waals surface area contributed by atoms with E-state index in [0.717, 1.165) is 11.1 Å². The van der Waals surface area contributed by atoms with Gasteiger partial charge in [-0.15, -0.1) is 0 Å². The van der Waals surface area contributed by atoms with Crippen molar-refractivity contribution in [3.8, 4) is 0 Å². The zero-order valence-corrected chi connectivity index (χ0v) is 12.4. The van der Waals surface area contributed by atoms with E-state index in [1.54, 1.807) is 0 Å². The number of nitrogens with one attached hydrogen (secondary N) is 1. The summed E-state index contributed by atoms with van der Waals surface area (Å²) in [6, 6.07) is 17.0. The molecule has 0 aromatic heterocycles. The highest BCUT2D eigenvalue weighted by Gasteiger charge is 2.36. The van der Waals surface area contributed by atoms with Crippen molar-refractivity contribution in [1.29, 1.82) is 5.41 Å². The van der Waals surface area contributed by atoms with Crippen molar-refractivity contribution < 1.29 is 0 Å². The van der Waals surface area contributed by atoms with Gasteiger partial charge in [-0.1, -0.05) is 77.9 Å². The highest BCUT2D eigenvalue weighted by Crippen LogP contribution is 2.37. The zero-order valence-electron chi connectivity index (χ0n) is 12.4. The Hall–Kier alpha value is -2.41. The summed E-state index contributed by atoms with van der Waals surface area (Å²) in [7, 11) is 0. The molecule has 1 aliphatic rings. The van der Waals surface area contributed by atoms with Crippen LogP contribution in [0.3, 0.4) is 0 Å². The van der Waals surface area contributed by atoms with Crippen molar-refractivity contribution >= 4 is 5.71 Å². The van der Waals surface area contributed by atoms with Crippen molar-refractivity contribution in [3.05, 3.63) is 95.1 Å². The number of rotatable bonds is 2. The average molecular weight is 273 g/mol. The fraction of sp³-hybridized carbons (Fsp3) is 0.150. The Bertz CT molecular complexity index is 670. The van der Waals surface area contributed by atoms with Crippen molar-refractivity contribution in [2.75, 3.05) is 0 Å². The largest absolute Gasteiger partial charge is 0.304 e. The predicted octanol–water partition coefficient (Wildman–Crippen LogP) is 4.74. The summed E-state index contributed by atoms with van der Waals surface area (Å²) in [5.41, 5.74) is 4.89. The van der Waals surface area contributed by atoms with E-state index in [4.69, 9.17) is 5.41 Å². The smallest absolute Gasteiger partial charge is 0.0800 e. The molecule has 2 aromatic rings. The lowest BCUT2D eigenvalue weighted by Crippen LogP contribution is -2.34. The van der Waals surface area contributed by atoms with Crippen LogP contribution in [0, 0.1) is 19.3 Å². The Morgan fingerprint density at radius 1 is 0.714 bits per heavy atom. The molecule has 0 atom stereocenters. The van der Waals surface area contributed by atoms with E-state index < -0.39 is 5.41 Å². The Balaban J connectivity index is 2.23. The Kier molecular flexibility index (Phi) is 3.34. The second-order valence-corrected chi connectivity index (χ2v) is 5.67. The molecule has 0 bridgehead atoms. The summed E-state index contributed by atoms with van der Waals surface area (Å²) in [5.74, 6) is 0. The minimum absolute atomic E-state index is 0.476. The quantitative estimate of drug-likeness (QED) is 0.817. The van der Waals surface area contributed by atoms with Crippen LogP contribution < -0.4 is 0 Å². The Labute approximate surface area is 126 Å². The third kappa shape index (κ3) is 2.25. The first-order chi connectivity index (χ1) is 10.1. The van der Waals surface area contributed by atoms with Crippen LogP contribution in [0.4, 0.5) is 0 Å². The third-order valence-electron chi connectivity index (χ3n) is 4.16. The molecule has 0 fully saturated rings. The van der Waals surface area contributed by atoms with E-state index in [1.165, 1.54) is 11.1 Å². The molecule has 0 unspecified atom stereocenters. The van der Waals surface area contributed by atoms with Crippen LogP contribution in [-0.4, -0.2) is 5.71 Å². The van der Waals surface area contributed by atoms with Gasteiger partial charge < -0.3 is 5.41 Å². The van der Waals surface area contributed by atoms with E-state index in [-0.39, 0.29) is 0 Å². The number of hydrogen-bond donors (Lipinski definition) is 1. The predicted molar refractivity (Wildman–Crippen MR) is 89.1 cm³/mol. The zero-order chi connectivity index (χ0) is 14.9. The minimum Gasteiger partial charge on any atom is -0.304 e. The van der Waals surface area contributed by atoms with Crippen molar-refractivity contribution in [3.63, 3.8) is 0 Å². The molecule has 1 heteroatoms. The summed E-state index contributed by atoms with van der Waals surface area (Å²) >= 11 is 0. The maximum absolute atomic E-state index is 8.54. The van der Waals surface area contributed by atoms with Gasteiger partial charge in [-0.3, -0.25) is 0 Å². The molecule has 1 aliphatic carbocycles. The van der Waals surface area contributed by atoms with Crippen molar-refractivity contribution in [2.24, 2.45) is 0 Å². The summed E-state index contributed by atoms with van der Waals surface area (Å²) < 4.78 is 0. The molecule has 104 valence electrons. The highest BCUT2D eigenvalue weighted by molar-refractivity contribution is 6.07. The topological polar surface area (TPSA) is 23.9 Å². The van der Waals surface area contributed by atoms with Crippen LogP contribution in [-0.2, 0) is 5.41 Å². The molecule has 21 heavy (non-hydrogen) atoms. The maximum atomic E-state index is 8.54. The second kappa shape index (κ2) is 5.17. The molecule has 1 nitrogen and oxygen atoms in total. The lowest BCUT2D eigenvalue weighted by Gasteiger charge is -2.33. The summed E-state index contributed by atoms with van der Waals surface area (Å²) in [6.07, 6.45) is 7.99. The van der Waals surface area contributed by atoms with Gasteiger partial charge in [0.15, 0.2) is 0 Å². The first-order valence-corrected chi connectivity index (χ1v) is 7.22. The van der Waals surface area contributed by atoms with Crippen LogP contribution in [0.15, 0.2) is 72.8 Å². The lowest BCUT2D eigenvalue weighted by molar-refractivity contribution is 0.857. The molecular formula is C20H19N. The van der Waals surface area contributed by atoms with Crippen LogP contribution in [0.1, 0.15) is 22.3 Å². The molecule has 0 saturated carbocycles. The van der Waals surface area contributed by atoms with E-state index >= 15 is 0 Å². The molecule has 0 amide bonds. The van der Waals surface area contributed by atoms with E-state index in [2.05, 4.69) is 68.5 Å². The fourth-order valence-electron chi connectivity index (χ4n) is 2.88. The Morgan fingerprint density at radius 3 is 1.62 bits per heavy atom. The molecule has 1 N–H and O–H groups in total. The number of benzene rings is 2. The second-order valence-electron chi connectivity index (χ2n) is 5.67. The van der Waals surface area contributed by atoms with E-state index in [0.29, 0.717) is 5.71 Å². The highest BCUT2D eigenvalue weighted by atomic mass is 14.5. The van der Waals surface area contributed by atoms with E-state index in [9.17, 15) is 0 Å². The van der Waals surface area contributed by atoms with Gasteiger partial charge in [-0.05, 0) is 31.1 Å². The van der Waals surface area contributed by atoms with Gasteiger partial charge in [0.2, 0.25) is 0 Å². The summed E-state index contributed by atoms with van der Waals surface area (Å²) in [6.45, 7) is 4.18. The average Bonchev–Trinajstić information content (AvgIpc) is 2.50. The molecule has 2 aromatic carbocycles. The molecule has 0 spiro atoms. The van der Waals surface area contributed by atoms with Gasteiger partial charge in [0.25, 0.3) is 0 Å². The first-order valence-electron chi connectivity index (χ1n) is 7.22.